The molecule has 0 aliphatic carbocycles. The second kappa shape index (κ2) is 11.8. The smallest absolute Gasteiger partial charge is 0.157 e. The summed E-state index contributed by atoms with van der Waals surface area (Å²) in [4.78, 5) is -0.883. The molecule has 0 spiro atoms. The Morgan fingerprint density at radius 1 is 1.00 bits per heavy atom. The predicted octanol–water partition coefficient (Wildman–Crippen LogP) is 3.93. The van der Waals surface area contributed by atoms with Crippen molar-refractivity contribution in [1.82, 2.24) is 0 Å². The van der Waals surface area contributed by atoms with Gasteiger partial charge < -0.3 is 5.11 Å². The molecular weight excluding hydrogens is 218 g/mol. The number of aliphatic hydroxyl groups is 1. The normalized spacial score (nSPS) is 12.2. The Labute approximate surface area is 90.0 Å². The molecule has 1 atom stereocenters. The number of rotatable bonds is 4. The van der Waals surface area contributed by atoms with Gasteiger partial charge in [-0.2, -0.15) is 0 Å². The average molecular weight is 236 g/mol. The van der Waals surface area contributed by atoms with E-state index in [1.165, 1.54) is 25.7 Å². The van der Waals surface area contributed by atoms with Gasteiger partial charge in [0.15, 0.2) is 5.56 Å². The maximum atomic E-state index is 8.13. The van der Waals surface area contributed by atoms with E-state index in [0.717, 1.165) is 0 Å². The highest BCUT2D eigenvalue weighted by Gasteiger charge is 2.06. The first kappa shape index (κ1) is 15.3. The number of aliphatic hydroxyl groups excluding tert-OH is 1. The van der Waals surface area contributed by atoms with Gasteiger partial charge >= 0.3 is 0 Å². The van der Waals surface area contributed by atoms with Crippen molar-refractivity contribution >= 4 is 34.8 Å². The summed E-state index contributed by atoms with van der Waals surface area (Å²) in [6.45, 7) is 4.46. The molecule has 0 saturated heterocycles. The van der Waals surface area contributed by atoms with E-state index in [4.69, 9.17) is 39.9 Å². The van der Waals surface area contributed by atoms with E-state index in [1.54, 1.807) is 0 Å². The van der Waals surface area contributed by atoms with Crippen molar-refractivity contribution in [2.75, 3.05) is 0 Å². The van der Waals surface area contributed by atoms with Crippen LogP contribution in [0.4, 0.5) is 0 Å². The predicted molar refractivity (Wildman–Crippen MR) is 57.2 cm³/mol. The zero-order valence-corrected chi connectivity index (χ0v) is 9.83. The first-order valence-corrected chi connectivity index (χ1v) is 5.47. The lowest BCUT2D eigenvalue weighted by Crippen LogP contribution is -2.04. The SMILES string of the molecule is CCCCCC.OC(Cl)C(Cl)Cl. The highest BCUT2D eigenvalue weighted by atomic mass is 35.5. The van der Waals surface area contributed by atoms with Crippen molar-refractivity contribution in [1.29, 1.82) is 0 Å². The lowest BCUT2D eigenvalue weighted by molar-refractivity contribution is 0.271. The fourth-order valence-electron chi connectivity index (χ4n) is 0.500. The molecule has 0 aromatic carbocycles. The minimum Gasteiger partial charge on any atom is -0.375 e. The number of hydrogen-bond donors (Lipinski definition) is 1. The summed E-state index contributed by atoms with van der Waals surface area (Å²) in [7, 11) is 0. The van der Waals surface area contributed by atoms with E-state index in [1.807, 2.05) is 0 Å². The Hall–Kier alpha value is 0.830. The van der Waals surface area contributed by atoms with Crippen molar-refractivity contribution in [2.45, 2.75) is 49.9 Å². The molecule has 0 amide bonds. The Morgan fingerprint density at radius 2 is 1.25 bits per heavy atom. The summed E-state index contributed by atoms with van der Waals surface area (Å²) < 4.78 is 0. The summed E-state index contributed by atoms with van der Waals surface area (Å²) in [5.74, 6) is 0. The molecule has 0 saturated carbocycles. The molecule has 76 valence electrons. The molecule has 0 aromatic heterocycles. The van der Waals surface area contributed by atoms with Gasteiger partial charge in [0.2, 0.25) is 0 Å². The van der Waals surface area contributed by atoms with E-state index < -0.39 is 10.4 Å². The summed E-state index contributed by atoms with van der Waals surface area (Å²) in [6.07, 6.45) is 5.54. The average Bonchev–Trinajstić information content (AvgIpc) is 2.02. The van der Waals surface area contributed by atoms with Crippen LogP contribution < -0.4 is 0 Å². The van der Waals surface area contributed by atoms with E-state index >= 15 is 0 Å². The van der Waals surface area contributed by atoms with Crippen LogP contribution in [0.5, 0.6) is 0 Å². The first-order chi connectivity index (χ1) is 5.56. The van der Waals surface area contributed by atoms with Gasteiger partial charge in [-0.15, -0.1) is 23.2 Å². The number of halogens is 3. The van der Waals surface area contributed by atoms with Gasteiger partial charge in [0.1, 0.15) is 4.84 Å². The monoisotopic (exact) mass is 234 g/mol. The molecule has 1 unspecified atom stereocenters. The van der Waals surface area contributed by atoms with Crippen LogP contribution in [-0.4, -0.2) is 15.5 Å². The van der Waals surface area contributed by atoms with E-state index in [0.29, 0.717) is 0 Å². The van der Waals surface area contributed by atoms with Crippen LogP contribution in [-0.2, 0) is 0 Å². The zero-order valence-electron chi connectivity index (χ0n) is 7.56. The molecule has 0 rings (SSSR count). The van der Waals surface area contributed by atoms with Crippen LogP contribution in [0.15, 0.2) is 0 Å². The Morgan fingerprint density at radius 3 is 1.33 bits per heavy atom. The third kappa shape index (κ3) is 17.1. The lowest BCUT2D eigenvalue weighted by atomic mass is 10.2. The molecule has 1 nitrogen and oxygen atoms in total. The summed E-state index contributed by atoms with van der Waals surface area (Å²) in [5, 5.41) is 8.13. The first-order valence-electron chi connectivity index (χ1n) is 4.16. The minimum absolute atomic E-state index is 0.883. The zero-order chi connectivity index (χ0) is 9.98. The van der Waals surface area contributed by atoms with Crippen molar-refractivity contribution < 1.29 is 5.11 Å². The van der Waals surface area contributed by atoms with Crippen LogP contribution in [0.2, 0.25) is 0 Å². The molecule has 0 radical (unpaired) electrons. The Kier molecular flexibility index (Phi) is 15.1. The number of hydrogen-bond acceptors (Lipinski definition) is 1. The second-order valence-electron chi connectivity index (χ2n) is 2.41. The fraction of sp³-hybridized carbons (Fsp3) is 1.00. The van der Waals surface area contributed by atoms with E-state index in [-0.39, 0.29) is 0 Å². The van der Waals surface area contributed by atoms with Crippen LogP contribution in [0.1, 0.15) is 39.5 Å². The van der Waals surface area contributed by atoms with Crippen molar-refractivity contribution in [3.63, 3.8) is 0 Å². The second-order valence-corrected chi connectivity index (χ2v) is 4.03. The van der Waals surface area contributed by atoms with Gasteiger partial charge in [-0.3, -0.25) is 0 Å². The van der Waals surface area contributed by atoms with E-state index in [9.17, 15) is 0 Å². The lowest BCUT2D eigenvalue weighted by Gasteiger charge is -1.96. The summed E-state index contributed by atoms with van der Waals surface area (Å²) in [6, 6.07) is 0. The minimum atomic E-state index is -1.15. The van der Waals surface area contributed by atoms with Crippen LogP contribution in [0.25, 0.3) is 0 Å². The molecule has 12 heavy (non-hydrogen) atoms. The topological polar surface area (TPSA) is 20.2 Å². The fourth-order valence-corrected chi connectivity index (χ4v) is 0.500. The molecule has 0 bridgehead atoms. The number of unbranched alkanes of at least 4 members (excludes halogenated alkanes) is 3. The van der Waals surface area contributed by atoms with Crippen LogP contribution in [0.3, 0.4) is 0 Å². The standard InChI is InChI=1S/C6H14.C2H3Cl3O/c1-3-5-6-4-2;3-1(4)2(5)6/h3-6H2,1-2H3;1-2,6H. The Bertz CT molecular complexity index is 66.7. The molecule has 0 heterocycles. The van der Waals surface area contributed by atoms with Crippen LogP contribution in [0, 0.1) is 0 Å². The van der Waals surface area contributed by atoms with Gasteiger partial charge in [0.05, 0.1) is 0 Å². The molecular formula is C8H17Cl3O. The van der Waals surface area contributed by atoms with Gasteiger partial charge in [-0.25, -0.2) is 0 Å². The summed E-state index contributed by atoms with van der Waals surface area (Å²) in [5.41, 5.74) is -1.15. The largest absolute Gasteiger partial charge is 0.375 e. The molecule has 0 aliphatic heterocycles. The van der Waals surface area contributed by atoms with Crippen molar-refractivity contribution in [3.8, 4) is 0 Å². The van der Waals surface area contributed by atoms with Crippen LogP contribution >= 0.6 is 34.8 Å². The third-order valence-corrected chi connectivity index (χ3v) is 2.15. The molecule has 0 fully saturated rings. The van der Waals surface area contributed by atoms with Gasteiger partial charge in [0.25, 0.3) is 0 Å². The molecule has 4 heteroatoms. The summed E-state index contributed by atoms with van der Waals surface area (Å²) >= 11 is 14.9. The molecule has 0 aromatic rings. The van der Waals surface area contributed by atoms with Crippen molar-refractivity contribution in [3.05, 3.63) is 0 Å². The quantitative estimate of drug-likeness (QED) is 0.578. The molecule has 0 aliphatic rings. The maximum absolute atomic E-state index is 8.13. The highest BCUT2D eigenvalue weighted by molar-refractivity contribution is 6.47. The number of alkyl halides is 3. The van der Waals surface area contributed by atoms with E-state index in [2.05, 4.69) is 13.8 Å². The highest BCUT2D eigenvalue weighted by Crippen LogP contribution is 2.09. The maximum Gasteiger partial charge on any atom is 0.157 e. The molecule has 1 N–H and O–H groups in total. The Balaban J connectivity index is 0. The van der Waals surface area contributed by atoms with Crippen molar-refractivity contribution in [2.24, 2.45) is 0 Å². The van der Waals surface area contributed by atoms with Gasteiger partial charge in [-0.1, -0.05) is 51.1 Å². The third-order valence-electron chi connectivity index (χ3n) is 1.17. The van der Waals surface area contributed by atoms with Gasteiger partial charge in [0, 0.05) is 0 Å². The van der Waals surface area contributed by atoms with Gasteiger partial charge in [-0.05, 0) is 0 Å².